The van der Waals surface area contributed by atoms with Crippen molar-refractivity contribution >= 4 is 11.4 Å². The molecule has 0 saturated heterocycles. The van der Waals surface area contributed by atoms with Crippen LogP contribution in [0, 0.1) is 18.8 Å². The molecule has 0 aliphatic rings. The third-order valence-corrected chi connectivity index (χ3v) is 6.10. The molecule has 4 nitrogen and oxygen atoms in total. The van der Waals surface area contributed by atoms with Crippen LogP contribution in [0.3, 0.4) is 0 Å². The summed E-state index contributed by atoms with van der Waals surface area (Å²) in [7, 11) is 0. The van der Waals surface area contributed by atoms with E-state index in [0.717, 1.165) is 40.9 Å². The van der Waals surface area contributed by atoms with E-state index < -0.39 is 0 Å². The zero-order chi connectivity index (χ0) is 25.6. The number of azo groups is 1. The predicted octanol–water partition coefficient (Wildman–Crippen LogP) is 9.01. The molecule has 1 aromatic heterocycles. The molecule has 0 fully saturated rings. The van der Waals surface area contributed by atoms with E-state index in [1.807, 2.05) is 44.2 Å². The Kier molecular flexibility index (Phi) is 10.8. The summed E-state index contributed by atoms with van der Waals surface area (Å²) >= 11 is 0. The van der Waals surface area contributed by atoms with E-state index in [1.165, 1.54) is 49.7 Å². The molecule has 0 atom stereocenters. The van der Waals surface area contributed by atoms with Gasteiger partial charge in [-0.3, -0.25) is 0 Å². The number of aryl methyl sites for hydroxylation is 2. The molecule has 3 aromatic rings. The first-order valence-electron chi connectivity index (χ1n) is 12.8. The van der Waals surface area contributed by atoms with Crippen LogP contribution in [0.2, 0.25) is 0 Å². The van der Waals surface area contributed by atoms with Crippen molar-refractivity contribution < 1.29 is 0 Å². The minimum atomic E-state index is 0.515. The quantitative estimate of drug-likeness (QED) is 0.113. The number of hydrogen-bond acceptors (Lipinski definition) is 4. The highest BCUT2D eigenvalue weighted by molar-refractivity contribution is 5.51. The largest absolute Gasteiger partial charge is 0.229 e. The lowest BCUT2D eigenvalue weighted by Gasteiger charge is -2.05. The first kappa shape index (κ1) is 26.8. The average Bonchev–Trinajstić information content (AvgIpc) is 2.89. The Morgan fingerprint density at radius 3 is 2.14 bits per heavy atom. The molecule has 4 heteroatoms. The van der Waals surface area contributed by atoms with E-state index in [4.69, 9.17) is 0 Å². The molecule has 0 amide bonds. The Balaban J connectivity index is 1.39. The Morgan fingerprint density at radius 2 is 1.44 bits per heavy atom. The van der Waals surface area contributed by atoms with Gasteiger partial charge in [-0.05, 0) is 93.0 Å². The average molecular weight is 477 g/mol. The van der Waals surface area contributed by atoms with Crippen LogP contribution in [0.5, 0.6) is 0 Å². The molecule has 0 saturated carbocycles. The maximum Gasteiger partial charge on any atom is 0.205 e. The summed E-state index contributed by atoms with van der Waals surface area (Å²) in [5.74, 6) is 6.63. The van der Waals surface area contributed by atoms with Crippen LogP contribution in [0.25, 0.3) is 0 Å². The summed E-state index contributed by atoms with van der Waals surface area (Å²) in [4.78, 5) is 8.26. The van der Waals surface area contributed by atoms with Crippen LogP contribution in [0.15, 0.2) is 95.5 Å². The van der Waals surface area contributed by atoms with E-state index in [-0.39, 0.29) is 0 Å². The highest BCUT2D eigenvalue weighted by Crippen LogP contribution is 2.22. The molecule has 0 bridgehead atoms. The van der Waals surface area contributed by atoms with Gasteiger partial charge in [0.15, 0.2) is 0 Å². The topological polar surface area (TPSA) is 50.5 Å². The molecule has 0 aliphatic carbocycles. The van der Waals surface area contributed by atoms with Gasteiger partial charge < -0.3 is 0 Å². The van der Waals surface area contributed by atoms with Crippen LogP contribution in [-0.4, -0.2) is 9.97 Å². The number of aromatic nitrogens is 2. The van der Waals surface area contributed by atoms with Crippen molar-refractivity contribution in [2.45, 2.75) is 65.2 Å². The van der Waals surface area contributed by atoms with Crippen LogP contribution >= 0.6 is 0 Å². The number of hydrogen-bond donors (Lipinski definition) is 0. The Morgan fingerprint density at radius 1 is 0.806 bits per heavy atom. The maximum atomic E-state index is 4.40. The molecular formula is C32H36N4. The molecule has 3 rings (SSSR count). The first-order chi connectivity index (χ1) is 17.5. The van der Waals surface area contributed by atoms with Gasteiger partial charge in [-0.2, -0.15) is 10.2 Å². The Labute approximate surface area is 216 Å². The Hall–Kier alpha value is -3.84. The molecule has 184 valence electrons. The fourth-order valence-corrected chi connectivity index (χ4v) is 3.77. The molecule has 1 heterocycles. The lowest BCUT2D eigenvalue weighted by atomic mass is 10.0. The fourth-order valence-electron chi connectivity index (χ4n) is 3.77. The molecule has 2 aromatic carbocycles. The van der Waals surface area contributed by atoms with Crippen molar-refractivity contribution in [2.75, 3.05) is 0 Å². The minimum Gasteiger partial charge on any atom is -0.229 e. The number of benzene rings is 2. The number of unbranched alkanes of at least 4 members (excludes halogenated alkanes) is 5. The summed E-state index contributed by atoms with van der Waals surface area (Å²) in [5, 5.41) is 8.80. The number of nitrogens with zero attached hydrogens (tertiary/aromatic N) is 4. The number of allylic oxidation sites excluding steroid dienone is 2. The van der Waals surface area contributed by atoms with Gasteiger partial charge >= 0.3 is 0 Å². The summed E-state index contributed by atoms with van der Waals surface area (Å²) in [6.45, 7) is 12.1. The standard InChI is InChI=1S/C32H36N4/c1-25(2)26(3)12-9-7-5-6-8-10-13-28-14-18-30(19-15-28)35-36-31-20-16-29(27(4)24-31)17-21-32-33-22-11-23-34-32/h11,14-16,18-20,22-24H,1,3,5-10,12-13H2,2,4H3. The van der Waals surface area contributed by atoms with E-state index in [1.54, 1.807) is 18.5 Å². The van der Waals surface area contributed by atoms with Crippen molar-refractivity contribution in [2.24, 2.45) is 10.2 Å². The molecule has 0 unspecified atom stereocenters. The van der Waals surface area contributed by atoms with E-state index >= 15 is 0 Å². The number of rotatable bonds is 12. The minimum absolute atomic E-state index is 0.515. The van der Waals surface area contributed by atoms with Crippen LogP contribution < -0.4 is 0 Å². The van der Waals surface area contributed by atoms with Crippen molar-refractivity contribution in [3.63, 3.8) is 0 Å². The van der Waals surface area contributed by atoms with Crippen LogP contribution in [-0.2, 0) is 6.42 Å². The fraction of sp³-hybridized carbons (Fsp3) is 0.312. The third-order valence-electron chi connectivity index (χ3n) is 6.10. The van der Waals surface area contributed by atoms with E-state index in [0.29, 0.717) is 5.82 Å². The van der Waals surface area contributed by atoms with Gasteiger partial charge in [-0.25, -0.2) is 9.97 Å². The van der Waals surface area contributed by atoms with Gasteiger partial charge in [0.2, 0.25) is 5.82 Å². The van der Waals surface area contributed by atoms with E-state index in [2.05, 4.69) is 57.3 Å². The first-order valence-corrected chi connectivity index (χ1v) is 12.8. The van der Waals surface area contributed by atoms with Gasteiger partial charge in [0.25, 0.3) is 0 Å². The van der Waals surface area contributed by atoms with E-state index in [9.17, 15) is 0 Å². The van der Waals surface area contributed by atoms with Gasteiger partial charge in [0.05, 0.1) is 11.4 Å². The molecule has 0 radical (unpaired) electrons. The van der Waals surface area contributed by atoms with Crippen molar-refractivity contribution in [1.82, 2.24) is 9.97 Å². The van der Waals surface area contributed by atoms with Gasteiger partial charge in [0.1, 0.15) is 0 Å². The molecular weight excluding hydrogens is 440 g/mol. The summed E-state index contributed by atoms with van der Waals surface area (Å²) in [6.07, 6.45) is 13.2. The predicted molar refractivity (Wildman–Crippen MR) is 150 cm³/mol. The Bertz CT molecular complexity index is 1230. The highest BCUT2D eigenvalue weighted by atomic mass is 15.1. The monoisotopic (exact) mass is 476 g/mol. The summed E-state index contributed by atoms with van der Waals surface area (Å²) in [5.41, 5.74) is 7.31. The second kappa shape index (κ2) is 14.5. The second-order valence-corrected chi connectivity index (χ2v) is 9.19. The second-order valence-electron chi connectivity index (χ2n) is 9.19. The third kappa shape index (κ3) is 9.43. The maximum absolute atomic E-state index is 4.40. The lowest BCUT2D eigenvalue weighted by molar-refractivity contribution is 0.594. The zero-order valence-corrected chi connectivity index (χ0v) is 21.6. The summed E-state index contributed by atoms with van der Waals surface area (Å²) in [6, 6.07) is 16.1. The smallest absolute Gasteiger partial charge is 0.205 e. The molecule has 0 N–H and O–H groups in total. The van der Waals surface area contributed by atoms with Crippen LogP contribution in [0.4, 0.5) is 11.4 Å². The van der Waals surface area contributed by atoms with Gasteiger partial charge in [-0.15, -0.1) is 0 Å². The van der Waals surface area contributed by atoms with Gasteiger partial charge in [-0.1, -0.05) is 68.0 Å². The highest BCUT2D eigenvalue weighted by Gasteiger charge is 2.00. The molecule has 0 spiro atoms. The van der Waals surface area contributed by atoms with Crippen LogP contribution in [0.1, 0.15) is 74.4 Å². The SMILES string of the molecule is C=C(C)C(=C)CCCCCCCCc1ccc(N=Nc2ccc(C#Cc3ncccn3)c(C)c2)cc1. The van der Waals surface area contributed by atoms with Crippen molar-refractivity contribution in [3.05, 3.63) is 108 Å². The van der Waals surface area contributed by atoms with Crippen molar-refractivity contribution in [3.8, 4) is 11.8 Å². The van der Waals surface area contributed by atoms with Gasteiger partial charge in [0, 0.05) is 18.0 Å². The van der Waals surface area contributed by atoms with Crippen molar-refractivity contribution in [1.29, 1.82) is 0 Å². The summed E-state index contributed by atoms with van der Waals surface area (Å²) < 4.78 is 0. The zero-order valence-electron chi connectivity index (χ0n) is 21.6. The lowest BCUT2D eigenvalue weighted by Crippen LogP contribution is -1.87. The molecule has 36 heavy (non-hydrogen) atoms. The molecule has 0 aliphatic heterocycles. The normalized spacial score (nSPS) is 10.7.